The van der Waals surface area contributed by atoms with Crippen LogP contribution in [0, 0.1) is 0 Å². The molecule has 1 heterocycles. The fourth-order valence-electron chi connectivity index (χ4n) is 0.974. The number of carboxylic acid groups (broad SMARTS) is 1. The topological polar surface area (TPSA) is 88.2 Å². The molecule has 1 aromatic heterocycles. The summed E-state index contributed by atoms with van der Waals surface area (Å²) < 4.78 is 23.7. The zero-order chi connectivity index (χ0) is 11.4. The van der Waals surface area contributed by atoms with Gasteiger partial charge in [0.1, 0.15) is 5.82 Å². The summed E-state index contributed by atoms with van der Waals surface area (Å²) in [6.45, 7) is -0.625. The minimum absolute atomic E-state index is 0.0461. The minimum Gasteiger partial charge on any atom is -0.478 e. The molecule has 0 saturated heterocycles. The fraction of sp³-hybridized carbons (Fsp3) is 0.250. The Morgan fingerprint density at radius 3 is 2.87 bits per heavy atom. The number of hydrogen-bond donors (Lipinski definition) is 3. The highest BCUT2D eigenvalue weighted by molar-refractivity contribution is 5.96. The molecule has 7 heteroatoms. The molecule has 4 N–H and O–H groups in total. The van der Waals surface area contributed by atoms with Crippen molar-refractivity contribution in [1.29, 1.82) is 0 Å². The van der Waals surface area contributed by atoms with Crippen LogP contribution in [0.1, 0.15) is 10.4 Å². The highest BCUT2D eigenvalue weighted by Gasteiger charge is 2.12. The maximum absolute atomic E-state index is 11.9. The second-order valence-corrected chi connectivity index (χ2v) is 2.70. The molecule has 0 aliphatic heterocycles. The molecule has 0 saturated carbocycles. The largest absolute Gasteiger partial charge is 0.478 e. The standard InChI is InChI=1S/C8H9F2N3O2/c9-5(10)3-13-7-6(11)4(8(14)15)1-2-12-7/h1-2,5H,3,11H2,(H,12,13)(H,14,15). The zero-order valence-corrected chi connectivity index (χ0v) is 7.58. The maximum Gasteiger partial charge on any atom is 0.337 e. The number of aromatic carboxylic acids is 1. The van der Waals surface area contributed by atoms with Crippen molar-refractivity contribution in [3.8, 4) is 0 Å². The molecule has 0 spiro atoms. The number of nitrogens with two attached hydrogens (primary N) is 1. The first-order chi connectivity index (χ1) is 7.02. The number of carboxylic acids is 1. The quantitative estimate of drug-likeness (QED) is 0.701. The Labute approximate surface area is 83.9 Å². The van der Waals surface area contributed by atoms with Gasteiger partial charge in [-0.15, -0.1) is 0 Å². The normalized spacial score (nSPS) is 10.3. The molecular weight excluding hydrogens is 208 g/mol. The van der Waals surface area contributed by atoms with Crippen LogP contribution in [0.4, 0.5) is 20.3 Å². The van der Waals surface area contributed by atoms with Gasteiger partial charge in [0.05, 0.1) is 17.8 Å². The summed E-state index contributed by atoms with van der Waals surface area (Å²) in [6, 6.07) is 1.20. The molecule has 0 radical (unpaired) electrons. The van der Waals surface area contributed by atoms with Crippen molar-refractivity contribution in [3.63, 3.8) is 0 Å². The van der Waals surface area contributed by atoms with Crippen LogP contribution in [-0.2, 0) is 0 Å². The molecule has 0 bridgehead atoms. The number of carbonyl (C=O) groups is 1. The van der Waals surface area contributed by atoms with Gasteiger partial charge in [0.25, 0.3) is 6.43 Å². The van der Waals surface area contributed by atoms with Crippen molar-refractivity contribution in [2.45, 2.75) is 6.43 Å². The van der Waals surface area contributed by atoms with Gasteiger partial charge in [-0.2, -0.15) is 0 Å². The number of nitrogens with zero attached hydrogens (tertiary/aromatic N) is 1. The average Bonchev–Trinajstić information content (AvgIpc) is 2.15. The smallest absolute Gasteiger partial charge is 0.337 e. The van der Waals surface area contributed by atoms with E-state index in [-0.39, 0.29) is 17.1 Å². The predicted octanol–water partition coefficient (Wildman–Crippen LogP) is 1.04. The van der Waals surface area contributed by atoms with Crippen molar-refractivity contribution in [1.82, 2.24) is 4.98 Å². The molecule has 0 fully saturated rings. The van der Waals surface area contributed by atoms with E-state index in [1.807, 2.05) is 0 Å². The lowest BCUT2D eigenvalue weighted by molar-refractivity contribution is 0.0698. The van der Waals surface area contributed by atoms with Crippen molar-refractivity contribution in [3.05, 3.63) is 17.8 Å². The Balaban J connectivity index is 2.89. The van der Waals surface area contributed by atoms with Crippen LogP contribution < -0.4 is 11.1 Å². The van der Waals surface area contributed by atoms with E-state index in [9.17, 15) is 13.6 Å². The van der Waals surface area contributed by atoms with Crippen LogP contribution >= 0.6 is 0 Å². The fourth-order valence-corrected chi connectivity index (χ4v) is 0.974. The van der Waals surface area contributed by atoms with Gasteiger partial charge in [-0.05, 0) is 6.07 Å². The highest BCUT2D eigenvalue weighted by Crippen LogP contribution is 2.19. The van der Waals surface area contributed by atoms with Crippen molar-refractivity contribution >= 4 is 17.5 Å². The van der Waals surface area contributed by atoms with Crippen LogP contribution in [0.25, 0.3) is 0 Å². The molecular formula is C8H9F2N3O2. The van der Waals surface area contributed by atoms with Gasteiger partial charge in [0.15, 0.2) is 0 Å². The van der Waals surface area contributed by atoms with Gasteiger partial charge in [0.2, 0.25) is 0 Å². The van der Waals surface area contributed by atoms with E-state index in [1.165, 1.54) is 12.3 Å². The molecule has 0 atom stereocenters. The number of aromatic nitrogens is 1. The molecule has 5 nitrogen and oxygen atoms in total. The van der Waals surface area contributed by atoms with Gasteiger partial charge in [-0.3, -0.25) is 0 Å². The number of anilines is 2. The lowest BCUT2D eigenvalue weighted by Gasteiger charge is -2.08. The van der Waals surface area contributed by atoms with Gasteiger partial charge < -0.3 is 16.2 Å². The monoisotopic (exact) mass is 217 g/mol. The van der Waals surface area contributed by atoms with Crippen molar-refractivity contribution in [2.75, 3.05) is 17.6 Å². The SMILES string of the molecule is Nc1c(C(=O)O)ccnc1NCC(F)F. The highest BCUT2D eigenvalue weighted by atomic mass is 19.3. The molecule has 0 amide bonds. The third-order valence-electron chi connectivity index (χ3n) is 1.64. The summed E-state index contributed by atoms with van der Waals surface area (Å²) in [5.74, 6) is -1.27. The maximum atomic E-state index is 11.9. The Hall–Kier alpha value is -1.92. The molecule has 1 aromatic rings. The predicted molar refractivity (Wildman–Crippen MR) is 50.1 cm³/mol. The first kappa shape index (κ1) is 11.2. The average molecular weight is 217 g/mol. The van der Waals surface area contributed by atoms with E-state index in [2.05, 4.69) is 10.3 Å². The van der Waals surface area contributed by atoms with E-state index in [0.717, 1.165) is 0 Å². The van der Waals surface area contributed by atoms with Crippen LogP contribution in [0.5, 0.6) is 0 Å². The Morgan fingerprint density at radius 2 is 2.33 bits per heavy atom. The van der Waals surface area contributed by atoms with Gasteiger partial charge >= 0.3 is 5.97 Å². The molecule has 15 heavy (non-hydrogen) atoms. The number of nitrogen functional groups attached to an aromatic ring is 1. The molecule has 0 aliphatic carbocycles. The second kappa shape index (κ2) is 4.54. The molecule has 0 unspecified atom stereocenters. The van der Waals surface area contributed by atoms with E-state index < -0.39 is 18.9 Å². The lowest BCUT2D eigenvalue weighted by Crippen LogP contribution is -2.14. The number of rotatable bonds is 4. The summed E-state index contributed by atoms with van der Waals surface area (Å²) in [4.78, 5) is 14.3. The van der Waals surface area contributed by atoms with E-state index in [0.29, 0.717) is 0 Å². The molecule has 1 rings (SSSR count). The number of alkyl halides is 2. The van der Waals surface area contributed by atoms with Crippen LogP contribution in [0.15, 0.2) is 12.3 Å². The summed E-state index contributed by atoms with van der Waals surface area (Å²) in [6.07, 6.45) is -1.37. The van der Waals surface area contributed by atoms with E-state index in [4.69, 9.17) is 10.8 Å². The van der Waals surface area contributed by atoms with Crippen LogP contribution in [-0.4, -0.2) is 29.0 Å². The van der Waals surface area contributed by atoms with Gasteiger partial charge in [0, 0.05) is 6.20 Å². The van der Waals surface area contributed by atoms with E-state index >= 15 is 0 Å². The second-order valence-electron chi connectivity index (χ2n) is 2.70. The number of pyridine rings is 1. The first-order valence-electron chi connectivity index (χ1n) is 4.02. The van der Waals surface area contributed by atoms with Crippen LogP contribution in [0.3, 0.4) is 0 Å². The molecule has 82 valence electrons. The minimum atomic E-state index is -2.56. The third kappa shape index (κ3) is 2.76. The van der Waals surface area contributed by atoms with E-state index in [1.54, 1.807) is 0 Å². The number of hydrogen-bond acceptors (Lipinski definition) is 4. The first-order valence-corrected chi connectivity index (χ1v) is 4.02. The number of halogens is 2. The third-order valence-corrected chi connectivity index (χ3v) is 1.64. The zero-order valence-electron chi connectivity index (χ0n) is 7.58. The Kier molecular flexibility index (Phi) is 3.37. The van der Waals surface area contributed by atoms with Crippen LogP contribution in [0.2, 0.25) is 0 Å². The lowest BCUT2D eigenvalue weighted by atomic mass is 10.2. The Bertz CT molecular complexity index is 371. The summed E-state index contributed by atoms with van der Waals surface area (Å²) in [5.41, 5.74) is 5.11. The van der Waals surface area contributed by atoms with Crippen molar-refractivity contribution < 1.29 is 18.7 Å². The van der Waals surface area contributed by atoms with Gasteiger partial charge in [-0.25, -0.2) is 18.6 Å². The Morgan fingerprint density at radius 1 is 1.67 bits per heavy atom. The van der Waals surface area contributed by atoms with Gasteiger partial charge in [-0.1, -0.05) is 0 Å². The summed E-state index contributed by atoms with van der Waals surface area (Å²) >= 11 is 0. The summed E-state index contributed by atoms with van der Waals surface area (Å²) in [5, 5.41) is 10.9. The van der Waals surface area contributed by atoms with Crippen molar-refractivity contribution in [2.24, 2.45) is 0 Å². The number of nitrogens with one attached hydrogen (secondary N) is 1. The molecule has 0 aliphatic rings. The molecule has 0 aromatic carbocycles. The summed E-state index contributed by atoms with van der Waals surface area (Å²) in [7, 11) is 0.